The molecule has 0 radical (unpaired) electrons. The molecule has 1 aliphatic heterocycles. The van der Waals surface area contributed by atoms with E-state index in [1.54, 1.807) is 0 Å². The average molecular weight is 403 g/mol. The molecule has 1 aromatic carbocycles. The van der Waals surface area contributed by atoms with Gasteiger partial charge < -0.3 is 4.74 Å². The number of hydrogen-bond donors (Lipinski definition) is 1. The van der Waals surface area contributed by atoms with E-state index in [0.717, 1.165) is 31.7 Å². The number of amides is 1. The first kappa shape index (κ1) is 23.7. The maximum absolute atomic E-state index is 12.2. The number of nitrogens with zero attached hydrogens (tertiary/aromatic N) is 1. The van der Waals surface area contributed by atoms with Gasteiger partial charge in [-0.1, -0.05) is 70.4 Å². The van der Waals surface area contributed by atoms with Crippen LogP contribution in [0.15, 0.2) is 24.3 Å². The maximum atomic E-state index is 12.2. The molecule has 1 heterocycles. The van der Waals surface area contributed by atoms with Crippen LogP contribution in [0.25, 0.3) is 0 Å². The molecule has 1 amide bonds. The number of anilines is 1. The van der Waals surface area contributed by atoms with Crippen LogP contribution in [0.2, 0.25) is 0 Å². The second-order valence-corrected chi connectivity index (χ2v) is 8.63. The summed E-state index contributed by atoms with van der Waals surface area (Å²) in [5, 5.41) is 2.90. The van der Waals surface area contributed by atoms with Gasteiger partial charge in [-0.15, -0.1) is 0 Å². The van der Waals surface area contributed by atoms with Crippen molar-refractivity contribution < 1.29 is 9.53 Å². The van der Waals surface area contributed by atoms with Crippen LogP contribution in [0.1, 0.15) is 90.0 Å². The van der Waals surface area contributed by atoms with Crippen LogP contribution in [0, 0.1) is 0 Å². The van der Waals surface area contributed by atoms with Gasteiger partial charge in [-0.05, 0) is 63.4 Å². The maximum Gasteiger partial charge on any atom is 0.411 e. The molecule has 1 fully saturated rings. The third-order valence-corrected chi connectivity index (χ3v) is 5.76. The van der Waals surface area contributed by atoms with Gasteiger partial charge in [0.05, 0.1) is 0 Å². The number of benzene rings is 1. The monoisotopic (exact) mass is 402 g/mol. The molecule has 4 nitrogen and oxygen atoms in total. The standard InChI is InChI=1S/C25H42N2O2/c1-3-4-5-6-7-8-9-11-15-23-16-14-17-24(20-23)26-25(28)29-22(2)21-27-18-12-10-13-19-27/h14,16-17,20,22H,3-13,15,18-19,21H2,1-2H3,(H,26,28)/t22-/m0/s1. The Kier molecular flexibility index (Phi) is 11.8. The van der Waals surface area contributed by atoms with Crippen molar-refractivity contribution in [1.29, 1.82) is 0 Å². The summed E-state index contributed by atoms with van der Waals surface area (Å²) < 4.78 is 5.56. The highest BCUT2D eigenvalue weighted by molar-refractivity contribution is 5.84. The summed E-state index contributed by atoms with van der Waals surface area (Å²) in [6.45, 7) is 7.31. The van der Waals surface area contributed by atoms with Gasteiger partial charge in [-0.2, -0.15) is 0 Å². The van der Waals surface area contributed by atoms with Crippen LogP contribution in [0.4, 0.5) is 10.5 Å². The van der Waals surface area contributed by atoms with Gasteiger partial charge >= 0.3 is 6.09 Å². The van der Waals surface area contributed by atoms with Gasteiger partial charge in [0.2, 0.25) is 0 Å². The summed E-state index contributed by atoms with van der Waals surface area (Å²) in [7, 11) is 0. The molecule has 164 valence electrons. The first-order chi connectivity index (χ1) is 14.2. The number of likely N-dealkylation sites (tertiary alicyclic amines) is 1. The second kappa shape index (κ2) is 14.4. The van der Waals surface area contributed by atoms with Crippen molar-refractivity contribution >= 4 is 11.8 Å². The highest BCUT2D eigenvalue weighted by Gasteiger charge is 2.16. The first-order valence-electron chi connectivity index (χ1n) is 12.0. The molecule has 1 saturated heterocycles. The second-order valence-electron chi connectivity index (χ2n) is 8.63. The Labute approximate surface area is 178 Å². The van der Waals surface area contributed by atoms with Crippen LogP contribution in [0.5, 0.6) is 0 Å². The molecule has 1 aromatic rings. The zero-order chi connectivity index (χ0) is 20.7. The third-order valence-electron chi connectivity index (χ3n) is 5.76. The van der Waals surface area contributed by atoms with Gasteiger partial charge in [0.25, 0.3) is 0 Å². The van der Waals surface area contributed by atoms with Crippen molar-refractivity contribution in [3.8, 4) is 0 Å². The van der Waals surface area contributed by atoms with Crippen LogP contribution in [-0.2, 0) is 11.2 Å². The Balaban J connectivity index is 1.63. The van der Waals surface area contributed by atoms with Crippen molar-refractivity contribution in [2.75, 3.05) is 25.0 Å². The predicted octanol–water partition coefficient (Wildman–Crippen LogP) is 6.79. The Hall–Kier alpha value is -1.55. The molecule has 0 saturated carbocycles. The zero-order valence-corrected chi connectivity index (χ0v) is 18.8. The largest absolute Gasteiger partial charge is 0.445 e. The Morgan fingerprint density at radius 1 is 1.03 bits per heavy atom. The van der Waals surface area contributed by atoms with E-state index in [2.05, 4.69) is 29.3 Å². The van der Waals surface area contributed by atoms with Crippen LogP contribution in [-0.4, -0.2) is 36.7 Å². The molecule has 4 heteroatoms. The topological polar surface area (TPSA) is 41.6 Å². The molecule has 1 N–H and O–H groups in total. The normalized spacial score (nSPS) is 15.8. The number of hydrogen-bond acceptors (Lipinski definition) is 3. The number of rotatable bonds is 13. The highest BCUT2D eigenvalue weighted by atomic mass is 16.6. The lowest BCUT2D eigenvalue weighted by Gasteiger charge is -2.28. The average Bonchev–Trinajstić information content (AvgIpc) is 2.71. The summed E-state index contributed by atoms with van der Waals surface area (Å²) in [6.07, 6.45) is 15.1. The van der Waals surface area contributed by atoms with Crippen LogP contribution in [0.3, 0.4) is 0 Å². The molecular formula is C25H42N2O2. The summed E-state index contributed by atoms with van der Waals surface area (Å²) in [5.41, 5.74) is 2.12. The molecule has 1 atom stereocenters. The minimum Gasteiger partial charge on any atom is -0.445 e. The van der Waals surface area contributed by atoms with E-state index in [1.165, 1.54) is 76.2 Å². The Morgan fingerprint density at radius 2 is 1.72 bits per heavy atom. The molecule has 2 rings (SSSR count). The van der Waals surface area contributed by atoms with Crippen molar-refractivity contribution in [2.24, 2.45) is 0 Å². The number of piperidine rings is 1. The zero-order valence-electron chi connectivity index (χ0n) is 18.8. The third kappa shape index (κ3) is 10.7. The van der Waals surface area contributed by atoms with Gasteiger partial charge in [0.15, 0.2) is 0 Å². The number of ether oxygens (including phenoxy) is 1. The van der Waals surface area contributed by atoms with Crippen molar-refractivity contribution in [3.05, 3.63) is 29.8 Å². The van der Waals surface area contributed by atoms with Gasteiger partial charge in [0, 0.05) is 12.2 Å². The number of carbonyl (C=O) groups excluding carboxylic acids is 1. The van der Waals surface area contributed by atoms with Crippen molar-refractivity contribution in [2.45, 2.75) is 97.0 Å². The molecule has 0 spiro atoms. The van der Waals surface area contributed by atoms with Gasteiger partial charge in [0.1, 0.15) is 6.10 Å². The summed E-state index contributed by atoms with van der Waals surface area (Å²) in [5.74, 6) is 0. The van der Waals surface area contributed by atoms with E-state index in [-0.39, 0.29) is 12.2 Å². The quantitative estimate of drug-likeness (QED) is 0.369. The summed E-state index contributed by atoms with van der Waals surface area (Å²) in [6, 6.07) is 8.19. The fourth-order valence-electron chi connectivity index (χ4n) is 4.14. The molecule has 0 aliphatic carbocycles. The van der Waals surface area contributed by atoms with Crippen LogP contribution < -0.4 is 5.32 Å². The molecule has 0 aromatic heterocycles. The lowest BCUT2D eigenvalue weighted by molar-refractivity contribution is 0.0833. The lowest BCUT2D eigenvalue weighted by atomic mass is 10.0. The van der Waals surface area contributed by atoms with Gasteiger partial charge in [-0.25, -0.2) is 4.79 Å². The molecule has 1 aliphatic rings. The summed E-state index contributed by atoms with van der Waals surface area (Å²) >= 11 is 0. The van der Waals surface area contributed by atoms with E-state index in [4.69, 9.17) is 4.74 Å². The van der Waals surface area contributed by atoms with E-state index in [1.807, 2.05) is 19.1 Å². The number of nitrogens with one attached hydrogen (secondary N) is 1. The lowest BCUT2D eigenvalue weighted by Crippen LogP contribution is -2.37. The van der Waals surface area contributed by atoms with Gasteiger partial charge in [-0.3, -0.25) is 10.2 Å². The molecule has 29 heavy (non-hydrogen) atoms. The van der Waals surface area contributed by atoms with E-state index < -0.39 is 0 Å². The SMILES string of the molecule is CCCCCCCCCCc1cccc(NC(=O)O[C@@H](C)CN2CCCCC2)c1. The number of unbranched alkanes of at least 4 members (excludes halogenated alkanes) is 7. The van der Waals surface area contributed by atoms with Crippen molar-refractivity contribution in [3.63, 3.8) is 0 Å². The van der Waals surface area contributed by atoms with Crippen LogP contribution >= 0.6 is 0 Å². The molecular weight excluding hydrogens is 360 g/mol. The van der Waals surface area contributed by atoms with Crippen molar-refractivity contribution in [1.82, 2.24) is 4.90 Å². The Bertz CT molecular complexity index is 570. The minimum atomic E-state index is -0.348. The fourth-order valence-corrected chi connectivity index (χ4v) is 4.14. The number of carbonyl (C=O) groups is 1. The highest BCUT2D eigenvalue weighted by Crippen LogP contribution is 2.16. The molecule has 0 unspecified atom stereocenters. The number of aryl methyl sites for hydroxylation is 1. The van der Waals surface area contributed by atoms with E-state index in [0.29, 0.717) is 0 Å². The smallest absolute Gasteiger partial charge is 0.411 e. The minimum absolute atomic E-state index is 0.0893. The fraction of sp³-hybridized carbons (Fsp3) is 0.720. The van der Waals surface area contributed by atoms with E-state index >= 15 is 0 Å². The van der Waals surface area contributed by atoms with E-state index in [9.17, 15) is 4.79 Å². The summed E-state index contributed by atoms with van der Waals surface area (Å²) in [4.78, 5) is 14.6. The Morgan fingerprint density at radius 3 is 2.45 bits per heavy atom. The predicted molar refractivity (Wildman–Crippen MR) is 123 cm³/mol. The first-order valence-corrected chi connectivity index (χ1v) is 12.0. The molecule has 0 bridgehead atoms.